The number of nitrogens with zero attached hydrogens (tertiary/aromatic N) is 3. The molecule has 2 rings (SSSR count). The molecule has 20 heavy (non-hydrogen) atoms. The third kappa shape index (κ3) is 3.57. The van der Waals surface area contributed by atoms with Gasteiger partial charge in [0, 0.05) is 6.54 Å². The molecule has 0 radical (unpaired) electrons. The number of carbonyl (C=O) groups is 1. The summed E-state index contributed by atoms with van der Waals surface area (Å²) in [6.07, 6.45) is 1.73. The Bertz CT molecular complexity index is 553. The summed E-state index contributed by atoms with van der Waals surface area (Å²) in [6, 6.07) is 9.11. The third-order valence-corrected chi connectivity index (χ3v) is 2.81. The van der Waals surface area contributed by atoms with Crippen molar-refractivity contribution in [2.75, 3.05) is 6.54 Å². The van der Waals surface area contributed by atoms with E-state index in [4.69, 9.17) is 4.74 Å². The molecule has 1 aromatic heterocycles. The quantitative estimate of drug-likeness (QED) is 0.867. The number of benzene rings is 1. The van der Waals surface area contributed by atoms with Gasteiger partial charge in [0.1, 0.15) is 24.1 Å². The van der Waals surface area contributed by atoms with Crippen molar-refractivity contribution in [3.8, 4) is 5.75 Å². The van der Waals surface area contributed by atoms with E-state index in [0.717, 1.165) is 5.75 Å². The molecule has 1 atom stereocenters. The zero-order valence-electron chi connectivity index (χ0n) is 11.6. The van der Waals surface area contributed by atoms with Crippen LogP contribution in [0.15, 0.2) is 36.5 Å². The van der Waals surface area contributed by atoms with Crippen LogP contribution < -0.4 is 10.1 Å². The van der Waals surface area contributed by atoms with E-state index >= 15 is 0 Å². The number of hydrogen-bond acceptors (Lipinski definition) is 4. The molecule has 1 unspecified atom stereocenters. The van der Waals surface area contributed by atoms with Gasteiger partial charge in [-0.05, 0) is 26.0 Å². The first kappa shape index (κ1) is 14.0. The van der Waals surface area contributed by atoms with Crippen LogP contribution >= 0.6 is 0 Å². The molecular weight excluding hydrogens is 256 g/mol. The van der Waals surface area contributed by atoms with Gasteiger partial charge in [0.05, 0.1) is 6.20 Å². The van der Waals surface area contributed by atoms with Crippen molar-refractivity contribution < 1.29 is 9.53 Å². The zero-order valence-corrected chi connectivity index (χ0v) is 11.6. The van der Waals surface area contributed by atoms with E-state index in [-0.39, 0.29) is 11.9 Å². The van der Waals surface area contributed by atoms with Crippen LogP contribution in [0.3, 0.4) is 0 Å². The van der Waals surface area contributed by atoms with Crippen molar-refractivity contribution in [3.05, 3.63) is 42.2 Å². The number of amides is 1. The lowest BCUT2D eigenvalue weighted by Crippen LogP contribution is -2.31. The SMILES string of the molecule is CCNC(=O)C(C)n1cc(COc2ccccc2)nn1. The van der Waals surface area contributed by atoms with E-state index in [0.29, 0.717) is 18.8 Å². The first-order chi connectivity index (χ1) is 9.70. The highest BCUT2D eigenvalue weighted by Gasteiger charge is 2.15. The van der Waals surface area contributed by atoms with Crippen LogP contribution in [0.4, 0.5) is 0 Å². The second-order valence-corrected chi connectivity index (χ2v) is 4.36. The first-order valence-corrected chi connectivity index (χ1v) is 6.57. The van der Waals surface area contributed by atoms with Crippen LogP contribution in [-0.2, 0) is 11.4 Å². The van der Waals surface area contributed by atoms with Gasteiger partial charge in [-0.3, -0.25) is 4.79 Å². The molecule has 1 heterocycles. The summed E-state index contributed by atoms with van der Waals surface area (Å²) in [6.45, 7) is 4.58. The van der Waals surface area contributed by atoms with Gasteiger partial charge in [-0.1, -0.05) is 23.4 Å². The Hall–Kier alpha value is -2.37. The molecule has 6 nitrogen and oxygen atoms in total. The van der Waals surface area contributed by atoms with Crippen LogP contribution in [0.1, 0.15) is 25.6 Å². The number of rotatable bonds is 6. The smallest absolute Gasteiger partial charge is 0.244 e. The monoisotopic (exact) mass is 274 g/mol. The zero-order chi connectivity index (χ0) is 14.4. The maximum atomic E-state index is 11.7. The van der Waals surface area contributed by atoms with Gasteiger partial charge in [0.15, 0.2) is 0 Å². The molecule has 0 aliphatic rings. The second kappa shape index (κ2) is 6.70. The Morgan fingerprint density at radius 2 is 2.15 bits per heavy atom. The summed E-state index contributed by atoms with van der Waals surface area (Å²) in [5, 5.41) is 10.7. The third-order valence-electron chi connectivity index (χ3n) is 2.81. The molecule has 0 bridgehead atoms. The fourth-order valence-electron chi connectivity index (χ4n) is 1.68. The molecule has 0 spiro atoms. The Morgan fingerprint density at radius 3 is 2.85 bits per heavy atom. The Morgan fingerprint density at radius 1 is 1.40 bits per heavy atom. The van der Waals surface area contributed by atoms with E-state index in [9.17, 15) is 4.79 Å². The van der Waals surface area contributed by atoms with Gasteiger partial charge in [-0.25, -0.2) is 4.68 Å². The molecular formula is C14H18N4O2. The molecule has 1 N–H and O–H groups in total. The maximum absolute atomic E-state index is 11.7. The normalized spacial score (nSPS) is 11.9. The van der Waals surface area contributed by atoms with Gasteiger partial charge in [-0.15, -0.1) is 5.10 Å². The molecule has 0 aliphatic heterocycles. The van der Waals surface area contributed by atoms with Gasteiger partial charge < -0.3 is 10.1 Å². The van der Waals surface area contributed by atoms with Gasteiger partial charge in [0.2, 0.25) is 5.91 Å². The van der Waals surface area contributed by atoms with Crippen molar-refractivity contribution in [3.63, 3.8) is 0 Å². The number of nitrogens with one attached hydrogen (secondary N) is 1. The Labute approximate surface area is 117 Å². The fraction of sp³-hybridized carbons (Fsp3) is 0.357. The largest absolute Gasteiger partial charge is 0.487 e. The summed E-state index contributed by atoms with van der Waals surface area (Å²) >= 11 is 0. The van der Waals surface area contributed by atoms with Gasteiger partial charge in [-0.2, -0.15) is 0 Å². The Kier molecular flexibility index (Phi) is 4.70. The number of hydrogen-bond donors (Lipinski definition) is 1. The number of aromatic nitrogens is 3. The lowest BCUT2D eigenvalue weighted by Gasteiger charge is -2.10. The molecule has 2 aromatic rings. The summed E-state index contributed by atoms with van der Waals surface area (Å²) in [4.78, 5) is 11.7. The van der Waals surface area contributed by atoms with Gasteiger partial charge >= 0.3 is 0 Å². The molecule has 0 saturated heterocycles. The molecule has 0 saturated carbocycles. The van der Waals surface area contributed by atoms with Crippen molar-refractivity contribution >= 4 is 5.91 Å². The van der Waals surface area contributed by atoms with Crippen molar-refractivity contribution in [1.82, 2.24) is 20.3 Å². The van der Waals surface area contributed by atoms with Crippen molar-refractivity contribution in [2.45, 2.75) is 26.5 Å². The topological polar surface area (TPSA) is 69.0 Å². The van der Waals surface area contributed by atoms with Gasteiger partial charge in [0.25, 0.3) is 0 Å². The summed E-state index contributed by atoms with van der Waals surface area (Å²) in [7, 11) is 0. The average molecular weight is 274 g/mol. The Balaban J connectivity index is 1.93. The van der Waals surface area contributed by atoms with E-state index in [1.54, 1.807) is 13.1 Å². The summed E-state index contributed by atoms with van der Waals surface area (Å²) in [5.74, 6) is 0.701. The standard InChI is InChI=1S/C14H18N4O2/c1-3-15-14(19)11(2)18-9-12(16-17-18)10-20-13-7-5-4-6-8-13/h4-9,11H,3,10H2,1-2H3,(H,15,19). The average Bonchev–Trinajstić information content (AvgIpc) is 2.94. The molecule has 106 valence electrons. The first-order valence-electron chi connectivity index (χ1n) is 6.57. The highest BCUT2D eigenvalue weighted by atomic mass is 16.5. The summed E-state index contributed by atoms with van der Waals surface area (Å²) in [5.41, 5.74) is 0.685. The molecule has 1 amide bonds. The van der Waals surface area contributed by atoms with Crippen LogP contribution in [0.5, 0.6) is 5.75 Å². The van der Waals surface area contributed by atoms with Crippen LogP contribution in [-0.4, -0.2) is 27.4 Å². The number of likely N-dealkylation sites (N-methyl/N-ethyl adjacent to an activating group) is 1. The van der Waals surface area contributed by atoms with Crippen LogP contribution in [0.2, 0.25) is 0 Å². The molecule has 1 aromatic carbocycles. The molecule has 6 heteroatoms. The highest BCUT2D eigenvalue weighted by Crippen LogP contribution is 2.11. The van der Waals surface area contributed by atoms with Crippen molar-refractivity contribution in [2.24, 2.45) is 0 Å². The second-order valence-electron chi connectivity index (χ2n) is 4.36. The lowest BCUT2D eigenvalue weighted by molar-refractivity contribution is -0.124. The minimum absolute atomic E-state index is 0.0760. The minimum Gasteiger partial charge on any atom is -0.487 e. The predicted molar refractivity (Wildman–Crippen MR) is 74.2 cm³/mol. The van der Waals surface area contributed by atoms with E-state index in [2.05, 4.69) is 15.6 Å². The van der Waals surface area contributed by atoms with Crippen molar-refractivity contribution in [1.29, 1.82) is 0 Å². The number of carbonyl (C=O) groups excluding carboxylic acids is 1. The van der Waals surface area contributed by atoms with E-state index in [1.165, 1.54) is 4.68 Å². The van der Waals surface area contributed by atoms with E-state index < -0.39 is 0 Å². The maximum Gasteiger partial charge on any atom is 0.244 e. The number of para-hydroxylation sites is 1. The van der Waals surface area contributed by atoms with Crippen LogP contribution in [0, 0.1) is 0 Å². The molecule has 0 fully saturated rings. The number of ether oxygens (including phenoxy) is 1. The predicted octanol–water partition coefficient (Wildman–Crippen LogP) is 1.55. The van der Waals surface area contributed by atoms with Crippen LogP contribution in [0.25, 0.3) is 0 Å². The lowest BCUT2D eigenvalue weighted by atomic mass is 10.3. The van der Waals surface area contributed by atoms with E-state index in [1.807, 2.05) is 37.3 Å². The minimum atomic E-state index is -0.382. The fourth-order valence-corrected chi connectivity index (χ4v) is 1.68. The summed E-state index contributed by atoms with van der Waals surface area (Å²) < 4.78 is 7.11. The molecule has 0 aliphatic carbocycles. The highest BCUT2D eigenvalue weighted by molar-refractivity contribution is 5.79.